The third kappa shape index (κ3) is 8.28. The molecule has 1 fully saturated rings. The van der Waals surface area contributed by atoms with Gasteiger partial charge in [-0.3, -0.25) is 9.59 Å². The van der Waals surface area contributed by atoms with Crippen LogP contribution in [-0.4, -0.2) is 86.3 Å². The van der Waals surface area contributed by atoms with Crippen molar-refractivity contribution in [2.24, 2.45) is 0 Å². The molecule has 12 heteroatoms. The van der Waals surface area contributed by atoms with Crippen molar-refractivity contribution >= 4 is 23.8 Å². The average molecular weight is 683 g/mol. The first-order valence-electron chi connectivity index (χ1n) is 15.9. The minimum Gasteiger partial charge on any atom is -0.468 e. The predicted octanol–water partition coefficient (Wildman–Crippen LogP) is 5.67. The molecule has 1 heterocycles. The Morgan fingerprint density at radius 2 is 1.46 bits per heavy atom. The summed E-state index contributed by atoms with van der Waals surface area (Å²) in [7, 11) is 2.92. The molecule has 1 saturated heterocycles. The first-order chi connectivity index (χ1) is 24.3. The summed E-state index contributed by atoms with van der Waals surface area (Å²) < 4.78 is 27.6. The van der Waals surface area contributed by atoms with Crippen molar-refractivity contribution in [3.8, 4) is 22.6 Å². The van der Waals surface area contributed by atoms with E-state index in [0.717, 1.165) is 10.5 Å². The van der Waals surface area contributed by atoms with Crippen LogP contribution in [0.3, 0.4) is 0 Å². The number of ether oxygens (including phenoxy) is 5. The van der Waals surface area contributed by atoms with Crippen molar-refractivity contribution in [2.45, 2.75) is 24.5 Å². The van der Waals surface area contributed by atoms with Gasteiger partial charge in [-0.25, -0.2) is 9.59 Å². The number of carbonyl (C=O) groups excluding carboxylic acids is 3. The Bertz CT molecular complexity index is 1780. The van der Waals surface area contributed by atoms with E-state index in [4.69, 9.17) is 23.7 Å². The second-order valence-electron chi connectivity index (χ2n) is 11.5. The van der Waals surface area contributed by atoms with Crippen molar-refractivity contribution in [2.75, 3.05) is 40.9 Å². The van der Waals surface area contributed by atoms with Crippen molar-refractivity contribution in [1.82, 2.24) is 10.2 Å². The van der Waals surface area contributed by atoms with E-state index < -0.39 is 35.4 Å². The molecule has 12 nitrogen and oxygen atoms in total. The van der Waals surface area contributed by atoms with Crippen LogP contribution in [0.15, 0.2) is 103 Å². The third-order valence-electron chi connectivity index (χ3n) is 8.31. The summed E-state index contributed by atoms with van der Waals surface area (Å²) in [5.74, 6) is -1.50. The summed E-state index contributed by atoms with van der Waals surface area (Å²) in [6, 6.07) is 27.4. The fourth-order valence-electron chi connectivity index (χ4n) is 5.81. The highest BCUT2D eigenvalue weighted by atomic mass is 16.7. The Labute approximate surface area is 289 Å². The van der Waals surface area contributed by atoms with Gasteiger partial charge in [0.2, 0.25) is 5.78 Å². The molecule has 260 valence electrons. The van der Waals surface area contributed by atoms with Gasteiger partial charge in [-0.2, -0.15) is 0 Å². The van der Waals surface area contributed by atoms with E-state index in [1.807, 2.05) is 30.3 Å². The molecule has 0 spiro atoms. The van der Waals surface area contributed by atoms with Gasteiger partial charge in [-0.15, -0.1) is 0 Å². The number of nitrogens with one attached hydrogen (secondary N) is 1. The second kappa shape index (κ2) is 16.6. The lowest BCUT2D eigenvalue weighted by atomic mass is 9.81. The topological polar surface area (TPSA) is 150 Å². The summed E-state index contributed by atoms with van der Waals surface area (Å²) >= 11 is 0. The summed E-state index contributed by atoms with van der Waals surface area (Å²) in [5, 5.41) is 12.9. The number of carbonyl (C=O) groups is 4. The van der Waals surface area contributed by atoms with Crippen LogP contribution in [0.1, 0.15) is 43.9 Å². The fraction of sp³-hybridized carbons (Fsp3) is 0.263. The molecule has 2 N–H and O–H groups in total. The van der Waals surface area contributed by atoms with Gasteiger partial charge in [-0.1, -0.05) is 54.6 Å². The van der Waals surface area contributed by atoms with Gasteiger partial charge in [0.05, 0.1) is 17.2 Å². The quantitative estimate of drug-likeness (QED) is 0.103. The first kappa shape index (κ1) is 35.6. The minimum atomic E-state index is -2.07. The van der Waals surface area contributed by atoms with Gasteiger partial charge in [-0.05, 0) is 72.5 Å². The maximum Gasteiger partial charge on any atom is 0.407 e. The Morgan fingerprint density at radius 1 is 0.800 bits per heavy atom. The van der Waals surface area contributed by atoms with Crippen LogP contribution in [0, 0.1) is 0 Å². The van der Waals surface area contributed by atoms with E-state index in [9.17, 15) is 19.5 Å². The molecule has 1 aliphatic heterocycles. The monoisotopic (exact) mass is 682 g/mol. The minimum absolute atomic E-state index is 0.0115. The maximum atomic E-state index is 15.2. The van der Waals surface area contributed by atoms with Crippen LogP contribution in [0.25, 0.3) is 11.1 Å². The number of benzene rings is 4. The molecule has 50 heavy (non-hydrogen) atoms. The third-order valence-corrected chi connectivity index (χ3v) is 8.31. The SMILES string of the molecule is COCOc1ccc(C(=O)N[C@@H]2CN(C(=O)O)CCC[C@]2(OC(=O)c2ccccc2)C(=O)c2cc(-c3ccccc3)ccc2OCOC)cc1. The fourth-order valence-corrected chi connectivity index (χ4v) is 5.81. The number of Topliss-reactive ketones (excluding diaryl/α,β-unsaturated/α-hetero) is 1. The molecular formula is C38H38N2O10. The van der Waals surface area contributed by atoms with Crippen LogP contribution in [0.5, 0.6) is 11.5 Å². The second-order valence-corrected chi connectivity index (χ2v) is 11.5. The highest BCUT2D eigenvalue weighted by Crippen LogP contribution is 2.37. The van der Waals surface area contributed by atoms with E-state index >= 15 is 4.79 Å². The largest absolute Gasteiger partial charge is 0.468 e. The van der Waals surface area contributed by atoms with Crippen molar-refractivity contribution in [3.05, 3.63) is 120 Å². The van der Waals surface area contributed by atoms with Crippen molar-refractivity contribution in [1.29, 1.82) is 0 Å². The van der Waals surface area contributed by atoms with E-state index in [1.165, 1.54) is 26.4 Å². The molecule has 0 aliphatic carbocycles. The summed E-state index contributed by atoms with van der Waals surface area (Å²) in [4.78, 5) is 56.4. The van der Waals surface area contributed by atoms with Gasteiger partial charge in [0.15, 0.2) is 19.2 Å². The number of ketones is 1. The van der Waals surface area contributed by atoms with Crippen molar-refractivity contribution < 1.29 is 48.0 Å². The van der Waals surface area contributed by atoms with Crippen LogP contribution in [0.2, 0.25) is 0 Å². The number of likely N-dealkylation sites (tertiary alicyclic amines) is 1. The highest BCUT2D eigenvalue weighted by Gasteiger charge is 2.53. The molecule has 0 aromatic heterocycles. The van der Waals surface area contributed by atoms with Crippen molar-refractivity contribution in [3.63, 3.8) is 0 Å². The standard InChI is InChI=1S/C38H38N2O10/c1-46-24-48-30-17-14-27(15-18-30)35(42)39-33-23-40(37(44)45)21-9-20-38(33,50-36(43)28-12-7-4-8-13-28)34(41)31-22-29(26-10-5-3-6-11-26)16-19-32(31)49-25-47-2/h3-8,10-19,22,33H,9,20-21,23-25H2,1-2H3,(H,39,42)(H,44,45)/t33-,38-/m1/s1. The zero-order valence-electron chi connectivity index (χ0n) is 27.7. The van der Waals surface area contributed by atoms with Crippen LogP contribution < -0.4 is 14.8 Å². The lowest BCUT2D eigenvalue weighted by Crippen LogP contribution is -2.62. The zero-order valence-corrected chi connectivity index (χ0v) is 27.7. The van der Waals surface area contributed by atoms with Gasteiger partial charge < -0.3 is 39.0 Å². The Kier molecular flexibility index (Phi) is 11.8. The number of rotatable bonds is 13. The van der Waals surface area contributed by atoms with Gasteiger partial charge in [0.1, 0.15) is 11.5 Å². The van der Waals surface area contributed by atoms with E-state index in [-0.39, 0.29) is 62.0 Å². The summed E-state index contributed by atoms with van der Waals surface area (Å²) in [6.07, 6.45) is -1.22. The first-order valence-corrected chi connectivity index (χ1v) is 15.9. The molecule has 4 aromatic rings. The van der Waals surface area contributed by atoms with E-state index in [1.54, 1.807) is 60.7 Å². The summed E-state index contributed by atoms with van der Waals surface area (Å²) in [6.45, 7) is -0.491. The highest BCUT2D eigenvalue weighted by molar-refractivity contribution is 6.08. The number of methoxy groups -OCH3 is 2. The molecule has 2 atom stereocenters. The predicted molar refractivity (Wildman–Crippen MR) is 182 cm³/mol. The smallest absolute Gasteiger partial charge is 0.407 e. The molecular weight excluding hydrogens is 644 g/mol. The normalized spacial score (nSPS) is 17.2. The number of carboxylic acid groups (broad SMARTS) is 1. The molecule has 0 saturated carbocycles. The molecule has 5 rings (SSSR count). The van der Waals surface area contributed by atoms with Crippen LogP contribution in [-0.2, 0) is 14.2 Å². The van der Waals surface area contributed by atoms with Gasteiger partial charge in [0.25, 0.3) is 5.91 Å². The Morgan fingerprint density at radius 3 is 2.12 bits per heavy atom. The molecule has 0 radical (unpaired) electrons. The molecule has 1 aliphatic rings. The van der Waals surface area contributed by atoms with Crippen LogP contribution in [0.4, 0.5) is 4.79 Å². The zero-order chi connectivity index (χ0) is 35.5. The molecule has 4 aromatic carbocycles. The number of nitrogens with zero attached hydrogens (tertiary/aromatic N) is 1. The Balaban J connectivity index is 1.64. The maximum absolute atomic E-state index is 15.2. The lowest BCUT2D eigenvalue weighted by Gasteiger charge is -2.39. The van der Waals surface area contributed by atoms with E-state index in [2.05, 4.69) is 5.32 Å². The number of hydrogen-bond donors (Lipinski definition) is 2. The van der Waals surface area contributed by atoms with Crippen LogP contribution >= 0.6 is 0 Å². The number of amides is 2. The van der Waals surface area contributed by atoms with Gasteiger partial charge in [0, 0.05) is 32.9 Å². The lowest BCUT2D eigenvalue weighted by molar-refractivity contribution is -0.0274. The van der Waals surface area contributed by atoms with Gasteiger partial charge >= 0.3 is 12.1 Å². The molecule has 2 amide bonds. The number of esters is 1. The average Bonchev–Trinajstić information content (AvgIpc) is 3.33. The van der Waals surface area contributed by atoms with E-state index in [0.29, 0.717) is 11.3 Å². The molecule has 0 bridgehead atoms. The number of hydrogen-bond acceptors (Lipinski definition) is 9. The molecule has 0 unspecified atom stereocenters. The Hall–Kier alpha value is -5.72. The summed E-state index contributed by atoms with van der Waals surface area (Å²) in [5.41, 5.74) is -0.144.